The molecule has 136 valence electrons. The van der Waals surface area contributed by atoms with E-state index in [2.05, 4.69) is 6.58 Å². The minimum absolute atomic E-state index is 0.0148. The zero-order valence-electron chi connectivity index (χ0n) is 13.7. The smallest absolute Gasteiger partial charge is 0.422 e. The monoisotopic (exact) mass is 352 g/mol. The van der Waals surface area contributed by atoms with Crippen LogP contribution >= 0.6 is 0 Å². The third kappa shape index (κ3) is 2.64. The van der Waals surface area contributed by atoms with Gasteiger partial charge in [0.1, 0.15) is 22.5 Å². The SMILES string of the molecule is C=C(C(=O)OC(C)(C)C12CC3CC(F)(CC(F)(C3)C1)C2)C(F)(F)F. The van der Waals surface area contributed by atoms with Gasteiger partial charge in [0, 0.05) is 11.8 Å². The Morgan fingerprint density at radius 2 is 1.54 bits per heavy atom. The molecule has 0 radical (unpaired) electrons. The molecular formula is C17H21F5O2. The molecule has 4 bridgehead atoms. The molecule has 4 aliphatic rings. The summed E-state index contributed by atoms with van der Waals surface area (Å²) in [5.41, 5.74) is -7.34. The summed E-state index contributed by atoms with van der Waals surface area (Å²) in [6, 6.07) is 0. The van der Waals surface area contributed by atoms with Crippen LogP contribution in [-0.4, -0.2) is 29.1 Å². The first-order chi connectivity index (χ1) is 10.7. The summed E-state index contributed by atoms with van der Waals surface area (Å²) >= 11 is 0. The van der Waals surface area contributed by atoms with Crippen LogP contribution in [0.4, 0.5) is 22.0 Å². The van der Waals surface area contributed by atoms with Crippen molar-refractivity contribution in [3.05, 3.63) is 12.2 Å². The van der Waals surface area contributed by atoms with Gasteiger partial charge in [-0.3, -0.25) is 0 Å². The molecule has 0 saturated heterocycles. The van der Waals surface area contributed by atoms with Crippen molar-refractivity contribution in [3.63, 3.8) is 0 Å². The lowest BCUT2D eigenvalue weighted by Gasteiger charge is -2.64. The molecule has 0 amide bonds. The van der Waals surface area contributed by atoms with Crippen molar-refractivity contribution < 1.29 is 31.5 Å². The lowest BCUT2D eigenvalue weighted by molar-refractivity contribution is -0.240. The Hall–Kier alpha value is -1.14. The molecule has 4 rings (SSSR count). The van der Waals surface area contributed by atoms with Crippen LogP contribution in [0.2, 0.25) is 0 Å². The molecular weight excluding hydrogens is 331 g/mol. The second kappa shape index (κ2) is 4.73. The average molecular weight is 352 g/mol. The highest BCUT2D eigenvalue weighted by Gasteiger charge is 2.69. The van der Waals surface area contributed by atoms with Gasteiger partial charge in [-0.1, -0.05) is 6.58 Å². The average Bonchev–Trinajstić information content (AvgIpc) is 2.31. The lowest BCUT2D eigenvalue weighted by Crippen LogP contribution is -2.66. The molecule has 0 aromatic rings. The number of carbonyl (C=O) groups is 1. The Kier molecular flexibility index (Phi) is 3.48. The molecule has 0 spiro atoms. The number of halogens is 5. The van der Waals surface area contributed by atoms with E-state index in [1.165, 1.54) is 13.8 Å². The Balaban J connectivity index is 1.87. The maximum atomic E-state index is 15.0. The van der Waals surface area contributed by atoms with Gasteiger partial charge in [0.15, 0.2) is 0 Å². The van der Waals surface area contributed by atoms with Gasteiger partial charge in [0.05, 0.1) is 0 Å². The van der Waals surface area contributed by atoms with Crippen molar-refractivity contribution in [3.8, 4) is 0 Å². The minimum Gasteiger partial charge on any atom is -0.455 e. The second-order valence-corrected chi connectivity index (χ2v) is 8.47. The first kappa shape index (κ1) is 17.7. The molecule has 24 heavy (non-hydrogen) atoms. The normalized spacial score (nSPS) is 41.4. The molecule has 0 aromatic carbocycles. The van der Waals surface area contributed by atoms with Gasteiger partial charge in [-0.25, -0.2) is 13.6 Å². The molecule has 7 heteroatoms. The molecule has 2 nitrogen and oxygen atoms in total. The van der Waals surface area contributed by atoms with E-state index in [1.807, 2.05) is 0 Å². The van der Waals surface area contributed by atoms with Gasteiger partial charge >= 0.3 is 12.1 Å². The third-order valence-corrected chi connectivity index (χ3v) is 6.15. The van der Waals surface area contributed by atoms with E-state index >= 15 is 8.78 Å². The van der Waals surface area contributed by atoms with Crippen LogP contribution in [0.3, 0.4) is 0 Å². The van der Waals surface area contributed by atoms with Gasteiger partial charge in [-0.15, -0.1) is 0 Å². The molecule has 0 aromatic heterocycles. The molecule has 4 aliphatic carbocycles. The van der Waals surface area contributed by atoms with E-state index in [-0.39, 0.29) is 38.0 Å². The Labute approximate surface area is 137 Å². The van der Waals surface area contributed by atoms with Crippen LogP contribution in [0.15, 0.2) is 12.2 Å². The summed E-state index contributed by atoms with van der Waals surface area (Å²) in [7, 11) is 0. The summed E-state index contributed by atoms with van der Waals surface area (Å²) in [5, 5.41) is 0. The Morgan fingerprint density at radius 3 is 1.96 bits per heavy atom. The summed E-state index contributed by atoms with van der Waals surface area (Å²) in [5.74, 6) is -1.75. The fourth-order valence-electron chi connectivity index (χ4n) is 5.39. The van der Waals surface area contributed by atoms with Crippen LogP contribution in [-0.2, 0) is 9.53 Å². The molecule has 0 N–H and O–H groups in total. The van der Waals surface area contributed by atoms with E-state index in [0.717, 1.165) is 0 Å². The van der Waals surface area contributed by atoms with Crippen LogP contribution in [0.5, 0.6) is 0 Å². The van der Waals surface area contributed by atoms with E-state index in [4.69, 9.17) is 4.74 Å². The highest BCUT2D eigenvalue weighted by molar-refractivity contribution is 5.89. The largest absolute Gasteiger partial charge is 0.455 e. The highest BCUT2D eigenvalue weighted by atomic mass is 19.4. The van der Waals surface area contributed by atoms with Crippen molar-refractivity contribution in [2.45, 2.75) is 75.5 Å². The fourth-order valence-corrected chi connectivity index (χ4v) is 5.39. The maximum absolute atomic E-state index is 15.0. The molecule has 4 fully saturated rings. The zero-order chi connectivity index (χ0) is 18.2. The number of alkyl halides is 5. The van der Waals surface area contributed by atoms with Crippen molar-refractivity contribution in [2.24, 2.45) is 11.3 Å². The van der Waals surface area contributed by atoms with Gasteiger partial charge in [0.25, 0.3) is 0 Å². The minimum atomic E-state index is -4.89. The van der Waals surface area contributed by atoms with Gasteiger partial charge in [-0.2, -0.15) is 13.2 Å². The summed E-state index contributed by atoms with van der Waals surface area (Å²) in [4.78, 5) is 11.8. The zero-order valence-corrected chi connectivity index (χ0v) is 13.7. The molecule has 2 unspecified atom stereocenters. The number of esters is 1. The van der Waals surface area contributed by atoms with E-state index in [9.17, 15) is 18.0 Å². The van der Waals surface area contributed by atoms with Crippen molar-refractivity contribution in [1.29, 1.82) is 0 Å². The van der Waals surface area contributed by atoms with E-state index in [1.54, 1.807) is 0 Å². The topological polar surface area (TPSA) is 26.3 Å². The van der Waals surface area contributed by atoms with Crippen LogP contribution < -0.4 is 0 Å². The van der Waals surface area contributed by atoms with Gasteiger partial charge in [-0.05, 0) is 51.9 Å². The van der Waals surface area contributed by atoms with Crippen LogP contribution in [0, 0.1) is 11.3 Å². The Bertz CT molecular complexity index is 576. The fraction of sp³-hybridized carbons (Fsp3) is 0.824. The first-order valence-corrected chi connectivity index (χ1v) is 8.07. The standard InChI is InChI=1S/C17H21F5O2/c1-10(17(20,21)22)12(23)24-13(2,3)14-4-11-5-15(18,7-14)9-16(19,6-11)8-14/h11H,1,4-9H2,2-3H3. The molecule has 2 atom stereocenters. The molecule has 0 aliphatic heterocycles. The summed E-state index contributed by atoms with van der Waals surface area (Å²) < 4.78 is 73.0. The number of ether oxygens (including phenoxy) is 1. The molecule has 4 saturated carbocycles. The number of rotatable bonds is 3. The Morgan fingerprint density at radius 1 is 1.04 bits per heavy atom. The number of hydrogen-bond donors (Lipinski definition) is 0. The molecule has 0 heterocycles. The van der Waals surface area contributed by atoms with Crippen LogP contribution in [0.1, 0.15) is 52.4 Å². The predicted octanol–water partition coefficient (Wildman–Crippen LogP) is 4.83. The number of hydrogen-bond acceptors (Lipinski definition) is 2. The second-order valence-electron chi connectivity index (χ2n) is 8.47. The maximum Gasteiger partial charge on any atom is 0.422 e. The highest BCUT2D eigenvalue weighted by Crippen LogP contribution is 2.69. The number of carbonyl (C=O) groups excluding carboxylic acids is 1. The van der Waals surface area contributed by atoms with E-state index in [0.29, 0.717) is 6.42 Å². The van der Waals surface area contributed by atoms with Crippen molar-refractivity contribution in [1.82, 2.24) is 0 Å². The predicted molar refractivity (Wildman–Crippen MR) is 76.7 cm³/mol. The third-order valence-electron chi connectivity index (χ3n) is 6.15. The lowest BCUT2D eigenvalue weighted by atomic mass is 9.44. The summed E-state index contributed by atoms with van der Waals surface area (Å²) in [6.45, 7) is 5.64. The quantitative estimate of drug-likeness (QED) is 0.413. The summed E-state index contributed by atoms with van der Waals surface area (Å²) in [6.07, 6.45) is -4.01. The van der Waals surface area contributed by atoms with Gasteiger partial charge in [0.2, 0.25) is 0 Å². The first-order valence-electron chi connectivity index (χ1n) is 8.07. The van der Waals surface area contributed by atoms with Crippen LogP contribution in [0.25, 0.3) is 0 Å². The van der Waals surface area contributed by atoms with Gasteiger partial charge < -0.3 is 4.74 Å². The van der Waals surface area contributed by atoms with Crippen molar-refractivity contribution >= 4 is 5.97 Å². The van der Waals surface area contributed by atoms with Crippen molar-refractivity contribution in [2.75, 3.05) is 0 Å². The van der Waals surface area contributed by atoms with E-state index < -0.39 is 40.1 Å².